The zero-order valence-corrected chi connectivity index (χ0v) is 13.0. The van der Waals surface area contributed by atoms with Crippen molar-refractivity contribution in [3.8, 4) is 0 Å². The molecule has 1 heteroatoms. The minimum Gasteiger partial charge on any atom is -0.0593 e. The van der Waals surface area contributed by atoms with Crippen LogP contribution in [0.2, 0.25) is 0 Å². The number of hydrogen-bond donors (Lipinski definition) is 0. The molecule has 0 heterocycles. The zero-order valence-electron chi connectivity index (χ0n) is 11.4. The highest BCUT2D eigenvalue weighted by molar-refractivity contribution is 9.10. The van der Waals surface area contributed by atoms with Crippen LogP contribution < -0.4 is 0 Å². The molecule has 1 aromatic carbocycles. The summed E-state index contributed by atoms with van der Waals surface area (Å²) < 4.78 is 1.23. The van der Waals surface area contributed by atoms with E-state index in [-0.39, 0.29) is 0 Å². The smallest absolute Gasteiger partial charge is 0.0180 e. The van der Waals surface area contributed by atoms with Gasteiger partial charge in [0.1, 0.15) is 0 Å². The molecular formula is C16H23Br. The highest BCUT2D eigenvalue weighted by Gasteiger charge is 2.45. The molecular weight excluding hydrogens is 272 g/mol. The van der Waals surface area contributed by atoms with Gasteiger partial charge in [-0.1, -0.05) is 55.6 Å². The van der Waals surface area contributed by atoms with Crippen molar-refractivity contribution in [1.29, 1.82) is 0 Å². The summed E-state index contributed by atoms with van der Waals surface area (Å²) in [5.41, 5.74) is 3.62. The molecule has 1 aliphatic rings. The lowest BCUT2D eigenvalue weighted by Crippen LogP contribution is -2.37. The third kappa shape index (κ3) is 2.31. The molecule has 1 aromatic rings. The fourth-order valence-corrected chi connectivity index (χ4v) is 4.07. The summed E-state index contributed by atoms with van der Waals surface area (Å²) in [6, 6.07) is 6.93. The van der Waals surface area contributed by atoms with Crippen LogP contribution in [0.4, 0.5) is 0 Å². The molecule has 0 nitrogen and oxygen atoms in total. The van der Waals surface area contributed by atoms with Crippen molar-refractivity contribution in [2.45, 2.75) is 58.8 Å². The molecule has 0 atom stereocenters. The molecule has 0 amide bonds. The van der Waals surface area contributed by atoms with Gasteiger partial charge < -0.3 is 0 Å². The molecule has 94 valence electrons. The maximum Gasteiger partial charge on any atom is 0.0180 e. The van der Waals surface area contributed by atoms with Gasteiger partial charge in [0.15, 0.2) is 0 Å². The number of benzene rings is 1. The van der Waals surface area contributed by atoms with Gasteiger partial charge in [-0.2, -0.15) is 0 Å². The van der Waals surface area contributed by atoms with E-state index in [0.717, 1.165) is 0 Å². The first-order valence-electron chi connectivity index (χ1n) is 6.63. The second kappa shape index (κ2) is 4.42. The SMILES string of the molecule is Cc1cc(Br)cc(C2(C(C)(C)C)CCCC2)c1. The van der Waals surface area contributed by atoms with Gasteiger partial charge in [-0.3, -0.25) is 0 Å². The van der Waals surface area contributed by atoms with Gasteiger partial charge in [-0.15, -0.1) is 0 Å². The van der Waals surface area contributed by atoms with Gasteiger partial charge in [0, 0.05) is 9.89 Å². The molecule has 0 radical (unpaired) electrons. The quantitative estimate of drug-likeness (QED) is 0.631. The number of halogens is 1. The molecule has 1 fully saturated rings. The Morgan fingerprint density at radius 2 is 1.65 bits per heavy atom. The summed E-state index contributed by atoms with van der Waals surface area (Å²) in [5, 5.41) is 0. The maximum absolute atomic E-state index is 3.65. The maximum atomic E-state index is 3.65. The Morgan fingerprint density at radius 1 is 1.06 bits per heavy atom. The van der Waals surface area contributed by atoms with Crippen molar-refractivity contribution in [2.75, 3.05) is 0 Å². The molecule has 0 unspecified atom stereocenters. The van der Waals surface area contributed by atoms with E-state index in [4.69, 9.17) is 0 Å². The van der Waals surface area contributed by atoms with Crippen molar-refractivity contribution in [3.05, 3.63) is 33.8 Å². The van der Waals surface area contributed by atoms with E-state index in [1.54, 1.807) is 0 Å². The molecule has 17 heavy (non-hydrogen) atoms. The van der Waals surface area contributed by atoms with Gasteiger partial charge >= 0.3 is 0 Å². The third-order valence-electron chi connectivity index (χ3n) is 4.49. The molecule has 0 spiro atoms. The predicted octanol–water partition coefficient (Wildman–Crippen LogP) is 5.62. The van der Waals surface area contributed by atoms with Crippen LogP contribution in [-0.4, -0.2) is 0 Å². The fourth-order valence-electron chi connectivity index (χ4n) is 3.46. The lowest BCUT2D eigenvalue weighted by molar-refractivity contribution is 0.187. The molecule has 0 bridgehead atoms. The summed E-state index contributed by atoms with van der Waals surface area (Å²) in [6.45, 7) is 9.39. The molecule has 0 saturated heterocycles. The first-order chi connectivity index (χ1) is 7.85. The summed E-state index contributed by atoms with van der Waals surface area (Å²) >= 11 is 3.65. The Bertz CT molecular complexity index is 386. The molecule has 1 saturated carbocycles. The van der Waals surface area contributed by atoms with E-state index in [2.05, 4.69) is 61.8 Å². The average molecular weight is 295 g/mol. The van der Waals surface area contributed by atoms with Crippen LogP contribution in [0.1, 0.15) is 57.6 Å². The van der Waals surface area contributed by atoms with E-state index in [1.165, 1.54) is 41.3 Å². The van der Waals surface area contributed by atoms with E-state index in [1.807, 2.05) is 0 Å². The van der Waals surface area contributed by atoms with Crippen molar-refractivity contribution in [1.82, 2.24) is 0 Å². The average Bonchev–Trinajstić information content (AvgIpc) is 2.64. The van der Waals surface area contributed by atoms with E-state index >= 15 is 0 Å². The van der Waals surface area contributed by atoms with Gasteiger partial charge in [-0.25, -0.2) is 0 Å². The molecule has 0 aromatic heterocycles. The lowest BCUT2D eigenvalue weighted by Gasteiger charge is -2.43. The summed E-state index contributed by atoms with van der Waals surface area (Å²) in [6.07, 6.45) is 5.43. The summed E-state index contributed by atoms with van der Waals surface area (Å²) in [4.78, 5) is 0. The Balaban J connectivity index is 2.53. The van der Waals surface area contributed by atoms with Gasteiger partial charge in [0.05, 0.1) is 0 Å². The first-order valence-corrected chi connectivity index (χ1v) is 7.42. The summed E-state index contributed by atoms with van der Waals surface area (Å²) in [7, 11) is 0. The predicted molar refractivity (Wildman–Crippen MR) is 78.5 cm³/mol. The lowest BCUT2D eigenvalue weighted by atomic mass is 9.61. The Morgan fingerprint density at radius 3 is 2.12 bits per heavy atom. The van der Waals surface area contributed by atoms with E-state index < -0.39 is 0 Å². The van der Waals surface area contributed by atoms with Crippen LogP contribution in [0, 0.1) is 12.3 Å². The Labute approximate surface area is 114 Å². The van der Waals surface area contributed by atoms with Crippen molar-refractivity contribution in [3.63, 3.8) is 0 Å². The highest BCUT2D eigenvalue weighted by Crippen LogP contribution is 2.53. The molecule has 1 aliphatic carbocycles. The fraction of sp³-hybridized carbons (Fsp3) is 0.625. The molecule has 0 aliphatic heterocycles. The highest BCUT2D eigenvalue weighted by atomic mass is 79.9. The number of aryl methyl sites for hydroxylation is 1. The van der Waals surface area contributed by atoms with Crippen LogP contribution in [-0.2, 0) is 5.41 Å². The van der Waals surface area contributed by atoms with E-state index in [9.17, 15) is 0 Å². The third-order valence-corrected chi connectivity index (χ3v) is 4.95. The van der Waals surface area contributed by atoms with Crippen LogP contribution in [0.3, 0.4) is 0 Å². The largest absolute Gasteiger partial charge is 0.0593 e. The molecule has 0 N–H and O–H groups in total. The van der Waals surface area contributed by atoms with Gasteiger partial charge in [0.25, 0.3) is 0 Å². The standard InChI is InChI=1S/C16H23Br/c1-12-9-13(11-14(17)10-12)16(15(2,3)4)7-5-6-8-16/h9-11H,5-8H2,1-4H3. The summed E-state index contributed by atoms with van der Waals surface area (Å²) in [5.74, 6) is 0. The number of rotatable bonds is 1. The van der Waals surface area contributed by atoms with E-state index in [0.29, 0.717) is 10.8 Å². The van der Waals surface area contributed by atoms with Crippen LogP contribution >= 0.6 is 15.9 Å². The first kappa shape index (κ1) is 13.1. The normalized spacial score (nSPS) is 19.6. The second-order valence-electron chi connectivity index (χ2n) is 6.56. The van der Waals surface area contributed by atoms with Crippen molar-refractivity contribution in [2.24, 2.45) is 5.41 Å². The van der Waals surface area contributed by atoms with Gasteiger partial charge in [0.2, 0.25) is 0 Å². The second-order valence-corrected chi connectivity index (χ2v) is 7.47. The van der Waals surface area contributed by atoms with Crippen molar-refractivity contribution < 1.29 is 0 Å². The topological polar surface area (TPSA) is 0 Å². The Hall–Kier alpha value is -0.300. The monoisotopic (exact) mass is 294 g/mol. The minimum absolute atomic E-state index is 0.344. The van der Waals surface area contributed by atoms with Crippen molar-refractivity contribution >= 4 is 15.9 Å². The molecule has 2 rings (SSSR count). The number of hydrogen-bond acceptors (Lipinski definition) is 0. The Kier molecular flexibility index (Phi) is 3.42. The van der Waals surface area contributed by atoms with Gasteiger partial charge in [-0.05, 0) is 48.4 Å². The van der Waals surface area contributed by atoms with Crippen LogP contribution in [0.15, 0.2) is 22.7 Å². The van der Waals surface area contributed by atoms with Crippen LogP contribution in [0.5, 0.6) is 0 Å². The minimum atomic E-state index is 0.344. The zero-order chi connectivity index (χ0) is 12.7. The van der Waals surface area contributed by atoms with Crippen LogP contribution in [0.25, 0.3) is 0 Å².